The Kier molecular flexibility index (Phi) is 6.52. The molecule has 1 aromatic heterocycles. The highest BCUT2D eigenvalue weighted by Gasteiger charge is 2.39. The van der Waals surface area contributed by atoms with Gasteiger partial charge in [-0.05, 0) is 55.0 Å². The Morgan fingerprint density at radius 2 is 1.50 bits per heavy atom. The molecule has 3 aromatic rings. The van der Waals surface area contributed by atoms with Gasteiger partial charge in [-0.2, -0.15) is 13.2 Å². The van der Waals surface area contributed by atoms with Crippen LogP contribution in [0.5, 0.6) is 0 Å². The number of sulfone groups is 1. The molecule has 0 aliphatic heterocycles. The topological polar surface area (TPSA) is 48.3 Å². The van der Waals surface area contributed by atoms with Gasteiger partial charge in [0.05, 0.1) is 15.5 Å². The maximum atomic E-state index is 13.8. The smallest absolute Gasteiger partial charge is 0.361 e. The molecule has 0 fully saturated rings. The van der Waals surface area contributed by atoms with Crippen molar-refractivity contribution < 1.29 is 26.3 Å². The van der Waals surface area contributed by atoms with Crippen LogP contribution in [0.3, 0.4) is 0 Å². The van der Waals surface area contributed by atoms with E-state index in [-0.39, 0.29) is 22.8 Å². The van der Waals surface area contributed by atoms with Crippen LogP contribution < -0.4 is 0 Å². The summed E-state index contributed by atoms with van der Waals surface area (Å²) in [5.74, 6) is 0. The lowest BCUT2D eigenvalue weighted by molar-refractivity contribution is -0.145. The van der Waals surface area contributed by atoms with Crippen molar-refractivity contribution in [3.8, 4) is 11.3 Å². The summed E-state index contributed by atoms with van der Waals surface area (Å²) in [7, 11) is -4.30. The van der Waals surface area contributed by atoms with E-state index in [9.17, 15) is 21.6 Å². The third-order valence-corrected chi connectivity index (χ3v) is 6.59. The number of hydrogen-bond donors (Lipinski definition) is 0. The van der Waals surface area contributed by atoms with Gasteiger partial charge in [-0.25, -0.2) is 8.42 Å². The van der Waals surface area contributed by atoms with Crippen molar-refractivity contribution >= 4 is 33.0 Å². The molecule has 0 spiro atoms. The fourth-order valence-corrected chi connectivity index (χ4v) is 4.68. The average molecular weight is 478 g/mol. The molecule has 0 unspecified atom stereocenters. The highest BCUT2D eigenvalue weighted by molar-refractivity contribution is 7.91. The Balaban J connectivity index is 2.34. The van der Waals surface area contributed by atoms with Crippen LogP contribution in [0.1, 0.15) is 12.6 Å². The maximum Gasteiger partial charge on any atom is 0.431 e. The molecule has 0 bridgehead atoms. The summed E-state index contributed by atoms with van der Waals surface area (Å²) in [6, 6.07) is 11.7. The Hall–Kier alpha value is -2.00. The second-order valence-corrected chi connectivity index (χ2v) is 9.05. The van der Waals surface area contributed by atoms with E-state index in [0.717, 1.165) is 4.57 Å². The zero-order valence-corrected chi connectivity index (χ0v) is 17.9. The molecule has 0 amide bonds. The van der Waals surface area contributed by atoms with Gasteiger partial charge in [-0.1, -0.05) is 35.3 Å². The normalized spacial score (nSPS) is 12.3. The second-order valence-electron chi connectivity index (χ2n) is 6.25. The SMILES string of the molecule is CCOCn1c(C(F)(F)F)cc(S(=O)(=O)c2ccc(Cl)cc2)c1-c1ccc(Cl)cc1. The molecule has 0 aliphatic rings. The summed E-state index contributed by atoms with van der Waals surface area (Å²) in [6.45, 7) is 1.30. The van der Waals surface area contributed by atoms with Crippen molar-refractivity contribution in [2.45, 2.75) is 29.6 Å². The van der Waals surface area contributed by atoms with Gasteiger partial charge in [-0.15, -0.1) is 0 Å². The second kappa shape index (κ2) is 8.63. The van der Waals surface area contributed by atoms with Gasteiger partial charge in [0, 0.05) is 16.7 Å². The van der Waals surface area contributed by atoms with E-state index >= 15 is 0 Å². The quantitative estimate of drug-likeness (QED) is 0.418. The van der Waals surface area contributed by atoms with Gasteiger partial charge in [-0.3, -0.25) is 0 Å². The molecule has 2 aromatic carbocycles. The van der Waals surface area contributed by atoms with Crippen molar-refractivity contribution in [2.75, 3.05) is 6.61 Å². The molecule has 0 aliphatic carbocycles. The Morgan fingerprint density at radius 1 is 0.967 bits per heavy atom. The number of ether oxygens (including phenoxy) is 1. The summed E-state index contributed by atoms with van der Waals surface area (Å²) in [5.41, 5.74) is -1.02. The first-order valence-electron chi connectivity index (χ1n) is 8.70. The van der Waals surface area contributed by atoms with Gasteiger partial charge in [0.2, 0.25) is 9.84 Å². The van der Waals surface area contributed by atoms with Gasteiger partial charge in [0.15, 0.2) is 0 Å². The van der Waals surface area contributed by atoms with Gasteiger partial charge < -0.3 is 9.30 Å². The first-order valence-corrected chi connectivity index (χ1v) is 10.9. The molecule has 3 rings (SSSR count). The van der Waals surface area contributed by atoms with Crippen molar-refractivity contribution in [3.05, 3.63) is 70.3 Å². The number of halogens is 5. The molecular weight excluding hydrogens is 462 g/mol. The van der Waals surface area contributed by atoms with Crippen LogP contribution in [0.15, 0.2) is 64.4 Å². The van der Waals surface area contributed by atoms with Crippen LogP contribution in [0, 0.1) is 0 Å². The molecule has 10 heteroatoms. The summed E-state index contributed by atoms with van der Waals surface area (Å²) < 4.78 is 73.9. The fraction of sp³-hybridized carbons (Fsp3) is 0.200. The summed E-state index contributed by atoms with van der Waals surface area (Å²) in [6.07, 6.45) is -4.80. The van der Waals surface area contributed by atoms with Crippen LogP contribution in [-0.4, -0.2) is 19.6 Å². The van der Waals surface area contributed by atoms with Crippen LogP contribution in [0.2, 0.25) is 10.0 Å². The molecule has 4 nitrogen and oxygen atoms in total. The predicted octanol–water partition coefficient (Wildman–Crippen LogP) is 6.31. The highest BCUT2D eigenvalue weighted by Crippen LogP contribution is 2.41. The van der Waals surface area contributed by atoms with Crippen LogP contribution in [0.25, 0.3) is 11.3 Å². The molecular formula is C20H16Cl2F3NO3S. The number of aromatic nitrogens is 1. The number of alkyl halides is 3. The van der Waals surface area contributed by atoms with Crippen molar-refractivity contribution in [2.24, 2.45) is 0 Å². The van der Waals surface area contributed by atoms with E-state index in [1.165, 1.54) is 48.5 Å². The zero-order valence-electron chi connectivity index (χ0n) is 15.6. The lowest BCUT2D eigenvalue weighted by atomic mass is 10.1. The van der Waals surface area contributed by atoms with Gasteiger partial charge >= 0.3 is 6.18 Å². The van der Waals surface area contributed by atoms with Crippen LogP contribution in [0.4, 0.5) is 13.2 Å². The Labute approximate surface area is 181 Å². The lowest BCUT2D eigenvalue weighted by Crippen LogP contribution is -2.16. The third kappa shape index (κ3) is 4.51. The lowest BCUT2D eigenvalue weighted by Gasteiger charge is -2.16. The van der Waals surface area contributed by atoms with E-state index in [4.69, 9.17) is 27.9 Å². The van der Waals surface area contributed by atoms with Crippen LogP contribution >= 0.6 is 23.2 Å². The van der Waals surface area contributed by atoms with E-state index in [1.807, 2.05) is 0 Å². The molecule has 0 N–H and O–H groups in total. The number of hydrogen-bond acceptors (Lipinski definition) is 3. The van der Waals surface area contributed by atoms with Crippen molar-refractivity contribution in [1.82, 2.24) is 4.57 Å². The monoisotopic (exact) mass is 477 g/mol. The minimum Gasteiger partial charge on any atom is -0.361 e. The predicted molar refractivity (Wildman–Crippen MR) is 108 cm³/mol. The summed E-state index contributed by atoms with van der Waals surface area (Å²) in [4.78, 5) is -0.663. The number of rotatable bonds is 6. The molecule has 0 saturated carbocycles. The van der Waals surface area contributed by atoms with Crippen molar-refractivity contribution in [1.29, 1.82) is 0 Å². The fourth-order valence-electron chi connectivity index (χ4n) is 2.93. The summed E-state index contributed by atoms with van der Waals surface area (Å²) >= 11 is 11.7. The minimum atomic E-state index is -4.80. The van der Waals surface area contributed by atoms with E-state index in [2.05, 4.69) is 0 Å². The molecule has 0 saturated heterocycles. The van der Waals surface area contributed by atoms with Crippen molar-refractivity contribution in [3.63, 3.8) is 0 Å². The molecule has 1 heterocycles. The van der Waals surface area contributed by atoms with E-state index in [0.29, 0.717) is 16.1 Å². The van der Waals surface area contributed by atoms with Crippen LogP contribution in [-0.2, 0) is 27.5 Å². The third-order valence-electron chi connectivity index (χ3n) is 4.31. The number of nitrogens with zero attached hydrogens (tertiary/aromatic N) is 1. The highest BCUT2D eigenvalue weighted by atomic mass is 35.5. The van der Waals surface area contributed by atoms with E-state index < -0.39 is 33.3 Å². The first kappa shape index (κ1) is 22.7. The minimum absolute atomic E-state index is 0.137. The number of benzene rings is 2. The average Bonchev–Trinajstić information content (AvgIpc) is 3.08. The Morgan fingerprint density at radius 3 is 2.00 bits per heavy atom. The summed E-state index contributed by atoms with van der Waals surface area (Å²) in [5, 5.41) is 0.664. The zero-order chi connectivity index (χ0) is 22.1. The molecule has 0 radical (unpaired) electrons. The molecule has 0 atom stereocenters. The van der Waals surface area contributed by atoms with Gasteiger partial charge in [0.25, 0.3) is 0 Å². The van der Waals surface area contributed by atoms with E-state index in [1.54, 1.807) is 6.92 Å². The maximum absolute atomic E-state index is 13.8. The Bertz CT molecular complexity index is 1140. The largest absolute Gasteiger partial charge is 0.431 e. The molecule has 160 valence electrons. The van der Waals surface area contributed by atoms with Gasteiger partial charge in [0.1, 0.15) is 12.4 Å². The first-order chi connectivity index (χ1) is 14.1. The standard InChI is InChI=1S/C20H16Cl2F3NO3S/c1-2-29-12-26-18(20(23,24)25)11-17(19(26)13-3-5-14(21)6-4-13)30(27,28)16-9-7-15(22)8-10-16/h3-11H,2,12H2,1H3. The molecule has 30 heavy (non-hydrogen) atoms.